The molecule has 112 valence electrons. The van der Waals surface area contributed by atoms with Gasteiger partial charge in [-0.1, -0.05) is 6.07 Å². The molecule has 3 rings (SSSR count). The lowest BCUT2D eigenvalue weighted by molar-refractivity contribution is 0.372. The maximum atomic E-state index is 9.91. The molecule has 0 aliphatic rings. The Morgan fingerprint density at radius 3 is 2.82 bits per heavy atom. The molecule has 0 saturated carbocycles. The number of aromatic hydroxyl groups is 1. The van der Waals surface area contributed by atoms with Crippen LogP contribution in [0.1, 0.15) is 11.3 Å². The number of phenols is 1. The van der Waals surface area contributed by atoms with Crippen molar-refractivity contribution >= 4 is 0 Å². The van der Waals surface area contributed by atoms with Gasteiger partial charge in [-0.25, -0.2) is 0 Å². The predicted octanol–water partition coefficient (Wildman–Crippen LogP) is 3.02. The van der Waals surface area contributed by atoms with Crippen molar-refractivity contribution in [2.24, 2.45) is 0 Å². The van der Waals surface area contributed by atoms with Gasteiger partial charge in [-0.15, -0.1) is 0 Å². The molecule has 1 N–H and O–H groups in total. The molecule has 0 spiro atoms. The second kappa shape index (κ2) is 5.89. The van der Waals surface area contributed by atoms with Crippen molar-refractivity contribution < 1.29 is 9.84 Å². The number of hydrogen-bond acceptors (Lipinski definition) is 4. The van der Waals surface area contributed by atoms with Crippen LogP contribution >= 0.6 is 0 Å². The van der Waals surface area contributed by atoms with Gasteiger partial charge in [0.2, 0.25) is 0 Å². The topological polar surface area (TPSA) is 60.2 Å². The number of nitrogens with zero attached hydrogens (tertiary/aromatic N) is 3. The largest absolute Gasteiger partial charge is 0.504 e. The summed E-state index contributed by atoms with van der Waals surface area (Å²) in [7, 11) is 1.54. The van der Waals surface area contributed by atoms with Crippen molar-refractivity contribution in [2.45, 2.75) is 13.5 Å². The highest BCUT2D eigenvalue weighted by molar-refractivity contribution is 5.67. The van der Waals surface area contributed by atoms with Crippen molar-refractivity contribution in [3.63, 3.8) is 0 Å². The van der Waals surface area contributed by atoms with Gasteiger partial charge in [0.15, 0.2) is 11.5 Å². The fourth-order valence-electron chi connectivity index (χ4n) is 2.33. The zero-order valence-electron chi connectivity index (χ0n) is 12.5. The number of pyridine rings is 1. The Morgan fingerprint density at radius 1 is 1.23 bits per heavy atom. The van der Waals surface area contributed by atoms with E-state index in [2.05, 4.69) is 10.1 Å². The van der Waals surface area contributed by atoms with Crippen molar-refractivity contribution in [1.82, 2.24) is 14.8 Å². The smallest absolute Gasteiger partial charge is 0.161 e. The van der Waals surface area contributed by atoms with Gasteiger partial charge < -0.3 is 9.84 Å². The van der Waals surface area contributed by atoms with Crippen LogP contribution in [0.25, 0.3) is 11.1 Å². The molecule has 22 heavy (non-hydrogen) atoms. The van der Waals surface area contributed by atoms with E-state index in [1.165, 1.54) is 0 Å². The molecular weight excluding hydrogens is 278 g/mol. The summed E-state index contributed by atoms with van der Waals surface area (Å²) in [5.41, 5.74) is 3.65. The van der Waals surface area contributed by atoms with E-state index < -0.39 is 0 Å². The van der Waals surface area contributed by atoms with Crippen LogP contribution in [0, 0.1) is 6.92 Å². The molecule has 0 aliphatic carbocycles. The van der Waals surface area contributed by atoms with E-state index in [1.807, 2.05) is 48.1 Å². The monoisotopic (exact) mass is 295 g/mol. The predicted molar refractivity (Wildman–Crippen MR) is 84.0 cm³/mol. The molecule has 5 heteroatoms. The molecule has 1 aromatic carbocycles. The minimum absolute atomic E-state index is 0.173. The molecule has 2 heterocycles. The number of methoxy groups -OCH3 is 1. The van der Waals surface area contributed by atoms with E-state index in [0.717, 1.165) is 22.4 Å². The Labute approximate surface area is 128 Å². The lowest BCUT2D eigenvalue weighted by Gasteiger charge is -2.08. The van der Waals surface area contributed by atoms with E-state index in [-0.39, 0.29) is 5.75 Å². The molecule has 0 unspecified atom stereocenters. The van der Waals surface area contributed by atoms with Crippen LogP contribution in [0.5, 0.6) is 11.5 Å². The Hall–Kier alpha value is -2.82. The van der Waals surface area contributed by atoms with Crippen LogP contribution in [-0.4, -0.2) is 27.0 Å². The Kier molecular flexibility index (Phi) is 3.78. The van der Waals surface area contributed by atoms with E-state index in [1.54, 1.807) is 19.5 Å². The molecule has 0 amide bonds. The van der Waals surface area contributed by atoms with Gasteiger partial charge in [0.1, 0.15) is 0 Å². The molecule has 5 nitrogen and oxygen atoms in total. The lowest BCUT2D eigenvalue weighted by Crippen LogP contribution is -2.01. The zero-order valence-corrected chi connectivity index (χ0v) is 12.5. The van der Waals surface area contributed by atoms with E-state index in [0.29, 0.717) is 12.3 Å². The van der Waals surface area contributed by atoms with Crippen LogP contribution < -0.4 is 4.74 Å². The van der Waals surface area contributed by atoms with Crippen LogP contribution in [-0.2, 0) is 6.54 Å². The van der Waals surface area contributed by atoms with Crippen LogP contribution in [0.2, 0.25) is 0 Å². The summed E-state index contributed by atoms with van der Waals surface area (Å²) in [5, 5.41) is 14.3. The molecule has 0 saturated heterocycles. The second-order valence-electron chi connectivity index (χ2n) is 5.09. The van der Waals surface area contributed by atoms with E-state index >= 15 is 0 Å². The Balaban J connectivity index is 1.89. The van der Waals surface area contributed by atoms with Crippen LogP contribution in [0.3, 0.4) is 0 Å². The van der Waals surface area contributed by atoms with Gasteiger partial charge >= 0.3 is 0 Å². The summed E-state index contributed by atoms with van der Waals surface area (Å²) >= 11 is 0. The van der Waals surface area contributed by atoms with E-state index in [4.69, 9.17) is 4.74 Å². The lowest BCUT2D eigenvalue weighted by atomic mass is 10.1. The molecule has 0 fully saturated rings. The second-order valence-corrected chi connectivity index (χ2v) is 5.09. The van der Waals surface area contributed by atoms with Gasteiger partial charge in [-0.05, 0) is 42.3 Å². The number of phenolic OH excluding ortho intramolecular Hbond substituents is 1. The average molecular weight is 295 g/mol. The molecule has 0 aliphatic heterocycles. The summed E-state index contributed by atoms with van der Waals surface area (Å²) < 4.78 is 7.04. The highest BCUT2D eigenvalue weighted by atomic mass is 16.5. The molecule has 0 radical (unpaired) electrons. The summed E-state index contributed by atoms with van der Waals surface area (Å²) in [5.74, 6) is 0.639. The van der Waals surface area contributed by atoms with Gasteiger partial charge in [-0.3, -0.25) is 9.67 Å². The highest BCUT2D eigenvalue weighted by Crippen LogP contribution is 2.34. The number of ether oxygens (including phenoxy) is 1. The molecular formula is C17H17N3O2. The van der Waals surface area contributed by atoms with Crippen molar-refractivity contribution in [2.75, 3.05) is 7.11 Å². The molecule has 3 aromatic rings. The molecule has 0 bridgehead atoms. The summed E-state index contributed by atoms with van der Waals surface area (Å²) in [6, 6.07) is 9.55. The third kappa shape index (κ3) is 2.79. The van der Waals surface area contributed by atoms with Gasteiger partial charge in [0, 0.05) is 18.0 Å². The normalized spacial score (nSPS) is 10.6. The molecule has 2 aromatic heterocycles. The Morgan fingerprint density at radius 2 is 2.09 bits per heavy atom. The minimum atomic E-state index is 0.173. The third-order valence-corrected chi connectivity index (χ3v) is 3.50. The number of rotatable bonds is 4. The Bertz CT molecular complexity index is 782. The first-order valence-electron chi connectivity index (χ1n) is 6.97. The van der Waals surface area contributed by atoms with Crippen molar-refractivity contribution in [3.8, 4) is 22.6 Å². The molecule has 0 atom stereocenters. The number of hydrogen-bond donors (Lipinski definition) is 1. The van der Waals surface area contributed by atoms with Crippen LogP contribution in [0.15, 0.2) is 48.9 Å². The first-order valence-corrected chi connectivity index (χ1v) is 6.97. The minimum Gasteiger partial charge on any atom is -0.504 e. The van der Waals surface area contributed by atoms with Crippen molar-refractivity contribution in [1.29, 1.82) is 0 Å². The third-order valence-electron chi connectivity index (χ3n) is 3.50. The summed E-state index contributed by atoms with van der Waals surface area (Å²) in [6.45, 7) is 2.47. The van der Waals surface area contributed by atoms with Crippen molar-refractivity contribution in [3.05, 3.63) is 60.2 Å². The number of aryl methyl sites for hydroxylation is 1. The quantitative estimate of drug-likeness (QED) is 0.803. The maximum Gasteiger partial charge on any atom is 0.161 e. The summed E-state index contributed by atoms with van der Waals surface area (Å²) in [4.78, 5) is 4.30. The highest BCUT2D eigenvalue weighted by Gasteiger charge is 2.10. The zero-order chi connectivity index (χ0) is 15.5. The summed E-state index contributed by atoms with van der Waals surface area (Å²) in [6.07, 6.45) is 5.53. The first-order chi connectivity index (χ1) is 10.7. The van der Waals surface area contributed by atoms with E-state index in [9.17, 15) is 5.11 Å². The fourth-order valence-corrected chi connectivity index (χ4v) is 2.33. The maximum absolute atomic E-state index is 9.91. The number of aromatic nitrogens is 3. The standard InChI is InChI=1S/C17H17N3O2/c1-12-7-13(8-16(22-2)17(12)21)14-9-19-20(10-14)11-15-5-3-4-6-18-15/h3-10,21H,11H2,1-2H3. The SMILES string of the molecule is COc1cc(-c2cnn(Cc3ccccn3)c2)cc(C)c1O. The number of benzene rings is 1. The van der Waals surface area contributed by atoms with Gasteiger partial charge in [0.25, 0.3) is 0 Å². The fraction of sp³-hybridized carbons (Fsp3) is 0.176. The average Bonchev–Trinajstić information content (AvgIpc) is 2.99. The van der Waals surface area contributed by atoms with Crippen LogP contribution in [0.4, 0.5) is 0 Å². The first kappa shape index (κ1) is 14.1. The van der Waals surface area contributed by atoms with Gasteiger partial charge in [0.05, 0.1) is 25.5 Å². The van der Waals surface area contributed by atoms with Gasteiger partial charge in [-0.2, -0.15) is 5.10 Å².